The Kier molecular flexibility index (Phi) is 6.11. The highest BCUT2D eigenvalue weighted by Crippen LogP contribution is 2.29. The van der Waals surface area contributed by atoms with Gasteiger partial charge in [0.15, 0.2) is 0 Å². The molecule has 0 aromatic heterocycles. The van der Waals surface area contributed by atoms with E-state index in [0.29, 0.717) is 23.8 Å². The van der Waals surface area contributed by atoms with Crippen molar-refractivity contribution in [1.82, 2.24) is 4.31 Å². The summed E-state index contributed by atoms with van der Waals surface area (Å²) in [4.78, 5) is 12.5. The van der Waals surface area contributed by atoms with Gasteiger partial charge in [0.05, 0.1) is 15.7 Å². The molecule has 1 fully saturated rings. The molecular weight excluding hydrogens is 407 g/mol. The molecule has 0 atom stereocenters. The minimum atomic E-state index is -3.74. The van der Waals surface area contributed by atoms with Gasteiger partial charge in [-0.1, -0.05) is 35.7 Å². The Labute approximate surface area is 169 Å². The predicted molar refractivity (Wildman–Crippen MR) is 108 cm³/mol. The van der Waals surface area contributed by atoms with Gasteiger partial charge in [-0.05, 0) is 55.7 Å². The maximum absolute atomic E-state index is 12.9. The van der Waals surface area contributed by atoms with Gasteiger partial charge in [0.2, 0.25) is 10.0 Å². The maximum atomic E-state index is 12.9. The fourth-order valence-corrected chi connectivity index (χ4v) is 5.30. The predicted octanol–water partition coefficient (Wildman–Crippen LogP) is 4.73. The zero-order chi connectivity index (χ0) is 19.6. The van der Waals surface area contributed by atoms with Crippen LogP contribution in [0.5, 0.6) is 0 Å². The van der Waals surface area contributed by atoms with E-state index < -0.39 is 15.9 Å². The molecule has 2 aromatic rings. The molecule has 1 amide bonds. The van der Waals surface area contributed by atoms with Crippen molar-refractivity contribution in [2.75, 3.05) is 18.4 Å². The SMILES string of the molecule is Cc1ccc(NC(=O)c2ccc(Cl)c(S(=O)(=O)N3CCCCC3)c2)c(Cl)c1. The van der Waals surface area contributed by atoms with Crippen LogP contribution in [-0.2, 0) is 10.0 Å². The summed E-state index contributed by atoms with van der Waals surface area (Å²) < 4.78 is 27.3. The number of nitrogens with one attached hydrogen (secondary N) is 1. The van der Waals surface area contributed by atoms with Crippen molar-refractivity contribution in [2.45, 2.75) is 31.1 Å². The first-order valence-electron chi connectivity index (χ1n) is 8.66. The number of amides is 1. The maximum Gasteiger partial charge on any atom is 0.255 e. The van der Waals surface area contributed by atoms with E-state index >= 15 is 0 Å². The number of aryl methyl sites for hydroxylation is 1. The Bertz CT molecular complexity index is 971. The lowest BCUT2D eigenvalue weighted by Gasteiger charge is -2.26. The van der Waals surface area contributed by atoms with Crippen molar-refractivity contribution in [1.29, 1.82) is 0 Å². The lowest BCUT2D eigenvalue weighted by molar-refractivity contribution is 0.102. The molecule has 1 aliphatic rings. The second-order valence-corrected chi connectivity index (χ2v) is 9.27. The van der Waals surface area contributed by atoms with Gasteiger partial charge in [-0.25, -0.2) is 8.42 Å². The van der Waals surface area contributed by atoms with Crippen LogP contribution in [0, 0.1) is 6.92 Å². The molecule has 144 valence electrons. The minimum Gasteiger partial charge on any atom is -0.321 e. The second-order valence-electron chi connectivity index (χ2n) is 6.55. The first-order chi connectivity index (χ1) is 12.8. The van der Waals surface area contributed by atoms with E-state index in [1.165, 1.54) is 22.5 Å². The molecule has 27 heavy (non-hydrogen) atoms. The third-order valence-corrected chi connectivity index (χ3v) is 7.19. The normalized spacial score (nSPS) is 15.5. The van der Waals surface area contributed by atoms with Gasteiger partial charge in [-0.2, -0.15) is 4.31 Å². The van der Waals surface area contributed by atoms with Crippen LogP contribution in [0.1, 0.15) is 35.2 Å². The van der Waals surface area contributed by atoms with Gasteiger partial charge in [0.25, 0.3) is 5.91 Å². The summed E-state index contributed by atoms with van der Waals surface area (Å²) in [6, 6.07) is 9.53. The van der Waals surface area contributed by atoms with E-state index in [4.69, 9.17) is 23.2 Å². The molecule has 1 saturated heterocycles. The summed E-state index contributed by atoms with van der Waals surface area (Å²) >= 11 is 12.3. The van der Waals surface area contributed by atoms with E-state index in [2.05, 4.69) is 5.32 Å². The monoisotopic (exact) mass is 426 g/mol. The number of rotatable bonds is 4. The number of nitrogens with zero attached hydrogens (tertiary/aromatic N) is 1. The molecule has 0 spiro atoms. The van der Waals surface area contributed by atoms with Crippen LogP contribution in [0.2, 0.25) is 10.0 Å². The standard InChI is InChI=1S/C19H20Cl2N2O3S/c1-13-5-8-17(16(21)11-13)22-19(24)14-6-7-15(20)18(12-14)27(25,26)23-9-3-2-4-10-23/h5-8,11-12H,2-4,9-10H2,1H3,(H,22,24). The zero-order valence-electron chi connectivity index (χ0n) is 14.8. The average molecular weight is 427 g/mol. The molecular formula is C19H20Cl2N2O3S. The number of carbonyl (C=O) groups is 1. The zero-order valence-corrected chi connectivity index (χ0v) is 17.2. The van der Waals surface area contributed by atoms with E-state index in [0.717, 1.165) is 24.8 Å². The highest BCUT2D eigenvalue weighted by Gasteiger charge is 2.28. The number of halogens is 2. The van der Waals surface area contributed by atoms with Crippen LogP contribution >= 0.6 is 23.2 Å². The lowest BCUT2D eigenvalue weighted by Crippen LogP contribution is -2.35. The Morgan fingerprint density at radius 3 is 2.37 bits per heavy atom. The van der Waals surface area contributed by atoms with Gasteiger partial charge in [0, 0.05) is 18.7 Å². The highest BCUT2D eigenvalue weighted by molar-refractivity contribution is 7.89. The number of hydrogen-bond donors (Lipinski definition) is 1. The van der Waals surface area contributed by atoms with Gasteiger partial charge >= 0.3 is 0 Å². The van der Waals surface area contributed by atoms with Crippen molar-refractivity contribution in [2.24, 2.45) is 0 Å². The first-order valence-corrected chi connectivity index (χ1v) is 10.9. The summed E-state index contributed by atoms with van der Waals surface area (Å²) in [6.07, 6.45) is 2.66. The highest BCUT2D eigenvalue weighted by atomic mass is 35.5. The molecule has 1 heterocycles. The molecule has 0 saturated carbocycles. The Balaban J connectivity index is 1.89. The number of hydrogen-bond acceptors (Lipinski definition) is 3. The fourth-order valence-electron chi connectivity index (χ4n) is 3.00. The molecule has 5 nitrogen and oxygen atoms in total. The Hall–Kier alpha value is -1.60. The number of sulfonamides is 1. The number of carbonyl (C=O) groups excluding carboxylic acids is 1. The summed E-state index contributed by atoms with van der Waals surface area (Å²) in [6.45, 7) is 2.83. The third kappa shape index (κ3) is 4.46. The quantitative estimate of drug-likeness (QED) is 0.767. The van der Waals surface area contributed by atoms with E-state index in [1.54, 1.807) is 12.1 Å². The van der Waals surface area contributed by atoms with Crippen LogP contribution < -0.4 is 5.32 Å². The summed E-state index contributed by atoms with van der Waals surface area (Å²) in [5.74, 6) is -0.451. The largest absolute Gasteiger partial charge is 0.321 e. The van der Waals surface area contributed by atoms with Crippen molar-refractivity contribution in [3.63, 3.8) is 0 Å². The van der Waals surface area contributed by atoms with Gasteiger partial charge in [0.1, 0.15) is 4.90 Å². The molecule has 1 aliphatic heterocycles. The van der Waals surface area contributed by atoms with Crippen LogP contribution in [0.25, 0.3) is 0 Å². The number of piperidine rings is 1. The van der Waals surface area contributed by atoms with Gasteiger partial charge in [-0.15, -0.1) is 0 Å². The third-order valence-electron chi connectivity index (χ3n) is 4.50. The van der Waals surface area contributed by atoms with Crippen LogP contribution in [0.15, 0.2) is 41.3 Å². The molecule has 2 aromatic carbocycles. The second kappa shape index (κ2) is 8.19. The average Bonchev–Trinajstić information content (AvgIpc) is 2.65. The Morgan fingerprint density at radius 2 is 1.70 bits per heavy atom. The minimum absolute atomic E-state index is 0.0475. The van der Waals surface area contributed by atoms with Crippen molar-refractivity contribution in [3.05, 3.63) is 57.6 Å². The molecule has 1 N–H and O–H groups in total. The first kappa shape index (κ1) is 20.1. The van der Waals surface area contributed by atoms with Crippen LogP contribution in [0.3, 0.4) is 0 Å². The van der Waals surface area contributed by atoms with E-state index in [1.807, 2.05) is 13.0 Å². The summed E-state index contributed by atoms with van der Waals surface area (Å²) in [7, 11) is -3.74. The van der Waals surface area contributed by atoms with E-state index in [-0.39, 0.29) is 15.5 Å². The Morgan fingerprint density at radius 1 is 1.00 bits per heavy atom. The van der Waals surface area contributed by atoms with Crippen LogP contribution in [0.4, 0.5) is 5.69 Å². The number of anilines is 1. The number of benzene rings is 2. The topological polar surface area (TPSA) is 66.5 Å². The van der Waals surface area contributed by atoms with E-state index in [9.17, 15) is 13.2 Å². The molecule has 8 heteroatoms. The summed E-state index contributed by atoms with van der Waals surface area (Å²) in [5, 5.41) is 3.23. The molecule has 3 rings (SSSR count). The molecule has 0 bridgehead atoms. The van der Waals surface area contributed by atoms with Crippen molar-refractivity contribution in [3.8, 4) is 0 Å². The van der Waals surface area contributed by atoms with Crippen LogP contribution in [-0.4, -0.2) is 31.7 Å². The molecule has 0 radical (unpaired) electrons. The van der Waals surface area contributed by atoms with Gasteiger partial charge in [-0.3, -0.25) is 4.79 Å². The smallest absolute Gasteiger partial charge is 0.255 e. The molecule has 0 aliphatic carbocycles. The molecule has 0 unspecified atom stereocenters. The summed E-state index contributed by atoms with van der Waals surface area (Å²) in [5.41, 5.74) is 1.63. The lowest BCUT2D eigenvalue weighted by atomic mass is 10.2. The van der Waals surface area contributed by atoms with Crippen molar-refractivity contribution < 1.29 is 13.2 Å². The van der Waals surface area contributed by atoms with Gasteiger partial charge < -0.3 is 5.32 Å². The van der Waals surface area contributed by atoms with Crippen molar-refractivity contribution >= 4 is 44.8 Å². The fraction of sp³-hybridized carbons (Fsp3) is 0.316.